The second-order valence-electron chi connectivity index (χ2n) is 7.40. The summed E-state index contributed by atoms with van der Waals surface area (Å²) in [6.45, 7) is 3.24. The van der Waals surface area contributed by atoms with Crippen LogP contribution in [0.1, 0.15) is 60.1 Å². The molecule has 0 spiro atoms. The van der Waals surface area contributed by atoms with E-state index >= 15 is 0 Å². The molecule has 2 aromatic heterocycles. The zero-order valence-corrected chi connectivity index (χ0v) is 25.0. The summed E-state index contributed by atoms with van der Waals surface area (Å²) >= 11 is 6.78. The van der Waals surface area contributed by atoms with Gasteiger partial charge in [-0.2, -0.15) is 0 Å². The van der Waals surface area contributed by atoms with Crippen molar-refractivity contribution < 1.29 is 40.9 Å². The number of halogens is 2. The number of hydrogen-bond donors (Lipinski definition) is 1. The number of aliphatic hydroxyl groups excluding tert-OH is 1. The van der Waals surface area contributed by atoms with Crippen LogP contribution in [0.15, 0.2) is 69.9 Å². The van der Waals surface area contributed by atoms with Crippen molar-refractivity contribution in [2.45, 2.75) is 42.2 Å². The van der Waals surface area contributed by atoms with Crippen LogP contribution in [0.2, 0.25) is 0 Å². The SMILES string of the molecule is C.C.C.CC(=O)c1nc(-c2ccc(Br)cc2)cn1C.CC(O)c1nc(-c2ccc(Br)cc2)cn1C.[B].[H-].[Na+]. The molecule has 0 bridgehead atoms. The van der Waals surface area contributed by atoms with Crippen molar-refractivity contribution in [1.29, 1.82) is 0 Å². The van der Waals surface area contributed by atoms with Gasteiger partial charge < -0.3 is 15.7 Å². The number of nitrogens with zero attached hydrogens (tertiary/aromatic N) is 4. The second-order valence-corrected chi connectivity index (χ2v) is 9.23. The number of aryl methyl sites for hydroxylation is 2. The minimum atomic E-state index is -0.547. The fourth-order valence-electron chi connectivity index (χ4n) is 3.18. The number of rotatable bonds is 4. The van der Waals surface area contributed by atoms with E-state index in [1.165, 1.54) is 6.92 Å². The molecule has 1 atom stereocenters. The van der Waals surface area contributed by atoms with Gasteiger partial charge in [0, 0.05) is 61.9 Å². The predicted molar refractivity (Wildman–Crippen MR) is 160 cm³/mol. The third kappa shape index (κ3) is 10.7. The molecule has 0 aliphatic rings. The molecule has 0 fully saturated rings. The van der Waals surface area contributed by atoms with E-state index in [0.29, 0.717) is 11.6 Å². The number of aliphatic hydroxyl groups is 1. The second kappa shape index (κ2) is 17.9. The maximum Gasteiger partial charge on any atom is 1.00 e. The summed E-state index contributed by atoms with van der Waals surface area (Å²) in [6, 6.07) is 15.8. The smallest absolute Gasteiger partial charge is 1.00 e. The average Bonchev–Trinajstić information content (AvgIpc) is 3.33. The molecule has 2 aromatic carbocycles. The van der Waals surface area contributed by atoms with E-state index in [1.807, 2.05) is 79.6 Å². The Balaban J connectivity index is -0.000000263. The van der Waals surface area contributed by atoms with Crippen LogP contribution in [0.25, 0.3) is 22.5 Å². The normalized spacial score (nSPS) is 10.0. The number of carbonyl (C=O) groups is 1. The summed E-state index contributed by atoms with van der Waals surface area (Å²) in [5.74, 6) is 1.14. The first-order valence-corrected chi connectivity index (χ1v) is 11.5. The van der Waals surface area contributed by atoms with Gasteiger partial charge in [0.2, 0.25) is 0 Å². The molecule has 0 saturated carbocycles. The van der Waals surface area contributed by atoms with E-state index in [1.54, 1.807) is 11.5 Å². The first-order chi connectivity index (χ1) is 15.2. The van der Waals surface area contributed by atoms with Gasteiger partial charge in [-0.25, -0.2) is 9.97 Å². The van der Waals surface area contributed by atoms with Gasteiger partial charge in [-0.1, -0.05) is 78.4 Å². The maximum absolute atomic E-state index is 11.3. The van der Waals surface area contributed by atoms with Crippen LogP contribution in [-0.2, 0) is 14.1 Å². The fourth-order valence-corrected chi connectivity index (χ4v) is 3.71. The van der Waals surface area contributed by atoms with E-state index < -0.39 is 6.10 Å². The van der Waals surface area contributed by atoms with Crippen LogP contribution in [0.3, 0.4) is 0 Å². The van der Waals surface area contributed by atoms with Crippen molar-refractivity contribution >= 4 is 46.1 Å². The van der Waals surface area contributed by atoms with Gasteiger partial charge in [0.05, 0.1) is 11.4 Å². The third-order valence-electron chi connectivity index (χ3n) is 4.76. The van der Waals surface area contributed by atoms with Crippen molar-refractivity contribution in [2.75, 3.05) is 0 Å². The molecule has 1 unspecified atom stereocenters. The number of aromatic nitrogens is 4. The molecule has 0 amide bonds. The largest absolute Gasteiger partial charge is 1.00 e. The first-order valence-electron chi connectivity index (χ1n) is 9.93. The van der Waals surface area contributed by atoms with Gasteiger partial charge in [0.15, 0.2) is 11.6 Å². The maximum atomic E-state index is 11.3. The molecule has 0 saturated heterocycles. The summed E-state index contributed by atoms with van der Waals surface area (Å²) < 4.78 is 5.67. The number of benzene rings is 2. The molecular formula is C27H37BBr2N4NaO2. The minimum Gasteiger partial charge on any atom is -1.00 e. The number of imidazole rings is 2. The zero-order valence-electron chi connectivity index (χ0n) is 20.8. The van der Waals surface area contributed by atoms with Gasteiger partial charge in [-0.15, -0.1) is 0 Å². The molecule has 4 aromatic rings. The molecule has 0 aliphatic heterocycles. The van der Waals surface area contributed by atoms with Crippen LogP contribution >= 0.6 is 31.9 Å². The number of ketones is 1. The topological polar surface area (TPSA) is 72.9 Å². The van der Waals surface area contributed by atoms with E-state index in [2.05, 4.69) is 41.8 Å². The van der Waals surface area contributed by atoms with Crippen molar-refractivity contribution in [3.05, 3.63) is 81.5 Å². The Morgan fingerprint density at radius 2 is 1.22 bits per heavy atom. The molecular weight excluding hydrogens is 606 g/mol. The van der Waals surface area contributed by atoms with Gasteiger partial charge >= 0.3 is 29.6 Å². The Kier molecular flexibility index (Phi) is 19.4. The molecule has 2 heterocycles. The van der Waals surface area contributed by atoms with Gasteiger partial charge in [0.25, 0.3) is 0 Å². The Bertz CT molecular complexity index is 1230. The van der Waals surface area contributed by atoms with Gasteiger partial charge in [-0.3, -0.25) is 4.79 Å². The average molecular weight is 643 g/mol. The molecule has 37 heavy (non-hydrogen) atoms. The van der Waals surface area contributed by atoms with Crippen LogP contribution in [0.5, 0.6) is 0 Å². The monoisotopic (exact) mass is 641 g/mol. The van der Waals surface area contributed by atoms with E-state index in [9.17, 15) is 9.90 Å². The number of hydrogen-bond acceptors (Lipinski definition) is 4. The van der Waals surface area contributed by atoms with Crippen LogP contribution in [-0.4, -0.2) is 38.4 Å². The van der Waals surface area contributed by atoms with E-state index in [4.69, 9.17) is 0 Å². The number of carbonyl (C=O) groups excluding carboxylic acids is 1. The van der Waals surface area contributed by atoms with Crippen LogP contribution in [0.4, 0.5) is 0 Å². The van der Waals surface area contributed by atoms with E-state index in [0.717, 1.165) is 31.5 Å². The quantitative estimate of drug-likeness (QED) is 0.261. The van der Waals surface area contributed by atoms with Crippen molar-refractivity contribution in [3.63, 3.8) is 0 Å². The number of Topliss-reactive ketones (excluding diaryl/α,β-unsaturated/α-hetero) is 1. The molecule has 4 rings (SSSR count). The Labute approximate surface area is 264 Å². The third-order valence-corrected chi connectivity index (χ3v) is 5.81. The molecule has 6 nitrogen and oxygen atoms in total. The predicted octanol–water partition coefficient (Wildman–Crippen LogP) is 4.60. The molecule has 195 valence electrons. The molecule has 0 aliphatic carbocycles. The summed E-state index contributed by atoms with van der Waals surface area (Å²) in [6.07, 6.45) is 3.24. The zero-order chi connectivity index (χ0) is 23.4. The summed E-state index contributed by atoms with van der Waals surface area (Å²) in [5.41, 5.74) is 3.75. The summed E-state index contributed by atoms with van der Waals surface area (Å²) in [5, 5.41) is 9.52. The van der Waals surface area contributed by atoms with Crippen molar-refractivity contribution in [1.82, 2.24) is 19.1 Å². The van der Waals surface area contributed by atoms with Crippen LogP contribution < -0.4 is 29.6 Å². The standard InChI is InChI=1S/C12H13BrN2O.C12H11BrN2O.3CH4.B.Na.H/c2*1-8(16)12-14-11(7-15(12)2)9-3-5-10(13)6-4-9;;;;;;/h3-8,16H,1-2H3;3-7H,1-2H3;3*1H4;;;/q;;;;;;+1;-1. The van der Waals surface area contributed by atoms with Crippen LogP contribution in [0, 0.1) is 0 Å². The molecule has 3 radical (unpaired) electrons. The van der Waals surface area contributed by atoms with Crippen molar-refractivity contribution in [3.8, 4) is 22.5 Å². The van der Waals surface area contributed by atoms with Gasteiger partial charge in [-0.05, 0) is 31.2 Å². The van der Waals surface area contributed by atoms with Gasteiger partial charge in [0.1, 0.15) is 11.9 Å². The molecule has 10 heteroatoms. The Morgan fingerprint density at radius 1 is 0.838 bits per heavy atom. The Hall–Kier alpha value is -1.49. The first kappa shape index (κ1) is 40.0. The summed E-state index contributed by atoms with van der Waals surface area (Å²) in [7, 11) is 3.71. The Morgan fingerprint density at radius 3 is 1.54 bits per heavy atom. The van der Waals surface area contributed by atoms with E-state index in [-0.39, 0.29) is 67.5 Å². The molecule has 1 N–H and O–H groups in total. The fraction of sp³-hybridized carbons (Fsp3) is 0.296. The van der Waals surface area contributed by atoms with Crippen molar-refractivity contribution in [2.24, 2.45) is 14.1 Å². The minimum absolute atomic E-state index is 0. The summed E-state index contributed by atoms with van der Waals surface area (Å²) in [4.78, 5) is 20.0.